The average Bonchev–Trinajstić information content (AvgIpc) is 3.04. The predicted molar refractivity (Wildman–Crippen MR) is 78.7 cm³/mol. The molecule has 2 amide bonds. The second kappa shape index (κ2) is 7.83. The Morgan fingerprint density at radius 2 is 2.20 bits per heavy atom. The Balaban J connectivity index is 1.97. The lowest BCUT2D eigenvalue weighted by atomic mass is 10.1. The highest BCUT2D eigenvalue weighted by Crippen LogP contribution is 2.27. The van der Waals surface area contributed by atoms with Gasteiger partial charge >= 0.3 is 6.18 Å². The first-order chi connectivity index (χ1) is 11.7. The van der Waals surface area contributed by atoms with Crippen molar-refractivity contribution in [1.29, 1.82) is 0 Å². The molecule has 1 aliphatic heterocycles. The van der Waals surface area contributed by atoms with E-state index in [9.17, 15) is 22.8 Å². The van der Waals surface area contributed by atoms with Gasteiger partial charge in [0.2, 0.25) is 5.91 Å². The number of rotatable bonds is 5. The molecule has 1 fully saturated rings. The summed E-state index contributed by atoms with van der Waals surface area (Å²) in [6.45, 7) is 0.342. The van der Waals surface area contributed by atoms with Crippen LogP contribution >= 0.6 is 0 Å². The Bertz CT molecular complexity index is 617. The minimum atomic E-state index is -4.61. The number of H-pyrrole nitrogens is 1. The SMILES string of the molecule is CN(C)C(=O)CO[C@H]1COCC[C@@H]1NC(=O)c1cc(C(F)(F)F)[nH]n1. The molecule has 1 aromatic rings. The fourth-order valence-corrected chi connectivity index (χ4v) is 2.17. The van der Waals surface area contributed by atoms with Gasteiger partial charge in [-0.3, -0.25) is 14.7 Å². The van der Waals surface area contributed by atoms with Gasteiger partial charge in [0, 0.05) is 26.8 Å². The van der Waals surface area contributed by atoms with Gasteiger partial charge in [-0.1, -0.05) is 0 Å². The molecule has 0 aliphatic carbocycles. The first-order valence-electron chi connectivity index (χ1n) is 7.51. The Kier molecular flexibility index (Phi) is 6.01. The standard InChI is InChI=1S/C14H19F3N4O4/c1-21(2)12(22)7-25-10-6-24-4-3-8(10)18-13(23)9-5-11(20-19-9)14(15,16)17/h5,8,10H,3-4,6-7H2,1-2H3,(H,18,23)(H,19,20)/t8-,10-/m0/s1. The smallest absolute Gasteiger partial charge is 0.379 e. The van der Waals surface area contributed by atoms with Crippen molar-refractivity contribution in [2.24, 2.45) is 0 Å². The third-order valence-corrected chi connectivity index (χ3v) is 3.66. The minimum absolute atomic E-state index is 0.167. The van der Waals surface area contributed by atoms with E-state index < -0.39 is 29.9 Å². The summed E-state index contributed by atoms with van der Waals surface area (Å²) >= 11 is 0. The molecule has 2 rings (SSSR count). The highest BCUT2D eigenvalue weighted by molar-refractivity contribution is 5.92. The average molecular weight is 364 g/mol. The van der Waals surface area contributed by atoms with Crippen molar-refractivity contribution in [3.63, 3.8) is 0 Å². The molecule has 25 heavy (non-hydrogen) atoms. The van der Waals surface area contributed by atoms with Gasteiger partial charge in [-0.05, 0) is 6.42 Å². The number of nitrogens with one attached hydrogen (secondary N) is 2. The molecule has 0 spiro atoms. The van der Waals surface area contributed by atoms with Crippen LogP contribution in [0.2, 0.25) is 0 Å². The molecule has 0 unspecified atom stereocenters. The maximum absolute atomic E-state index is 12.6. The number of likely N-dealkylation sites (N-methyl/N-ethyl adjacent to an activating group) is 1. The third kappa shape index (κ3) is 5.16. The molecule has 8 nitrogen and oxygen atoms in total. The molecule has 0 saturated carbocycles. The second-order valence-electron chi connectivity index (χ2n) is 5.75. The summed E-state index contributed by atoms with van der Waals surface area (Å²) in [6.07, 6.45) is -4.78. The van der Waals surface area contributed by atoms with Gasteiger partial charge in [-0.25, -0.2) is 0 Å². The monoisotopic (exact) mass is 364 g/mol. The van der Waals surface area contributed by atoms with Gasteiger partial charge in [-0.15, -0.1) is 0 Å². The zero-order valence-corrected chi connectivity index (χ0v) is 13.7. The van der Waals surface area contributed by atoms with E-state index in [-0.39, 0.29) is 24.8 Å². The summed E-state index contributed by atoms with van der Waals surface area (Å²) in [5.74, 6) is -1.01. The van der Waals surface area contributed by atoms with Crippen molar-refractivity contribution in [2.75, 3.05) is 33.9 Å². The number of hydrogen-bond acceptors (Lipinski definition) is 5. The maximum Gasteiger partial charge on any atom is 0.432 e. The molecule has 0 bridgehead atoms. The Labute approximate surface area is 141 Å². The van der Waals surface area contributed by atoms with Crippen LogP contribution < -0.4 is 5.32 Å². The van der Waals surface area contributed by atoms with Crippen molar-refractivity contribution >= 4 is 11.8 Å². The van der Waals surface area contributed by atoms with Crippen LogP contribution in [0.25, 0.3) is 0 Å². The van der Waals surface area contributed by atoms with Gasteiger partial charge < -0.3 is 19.7 Å². The lowest BCUT2D eigenvalue weighted by Crippen LogP contribution is -2.50. The number of alkyl halides is 3. The Morgan fingerprint density at radius 3 is 2.80 bits per heavy atom. The lowest BCUT2D eigenvalue weighted by molar-refractivity contribution is -0.141. The van der Waals surface area contributed by atoms with E-state index >= 15 is 0 Å². The maximum atomic E-state index is 12.6. The van der Waals surface area contributed by atoms with E-state index in [1.807, 2.05) is 0 Å². The summed E-state index contributed by atoms with van der Waals surface area (Å²) in [6, 6.07) is 0.141. The van der Waals surface area contributed by atoms with Gasteiger partial charge in [-0.2, -0.15) is 18.3 Å². The number of amides is 2. The highest BCUT2D eigenvalue weighted by Gasteiger charge is 2.35. The van der Waals surface area contributed by atoms with Crippen LogP contribution in [0.1, 0.15) is 22.6 Å². The molecular formula is C14H19F3N4O4. The van der Waals surface area contributed by atoms with Gasteiger partial charge in [0.1, 0.15) is 18.4 Å². The summed E-state index contributed by atoms with van der Waals surface area (Å²) in [7, 11) is 3.16. The largest absolute Gasteiger partial charge is 0.432 e. The van der Waals surface area contributed by atoms with Gasteiger partial charge in [0.05, 0.1) is 12.6 Å². The molecule has 1 saturated heterocycles. The van der Waals surface area contributed by atoms with E-state index in [0.29, 0.717) is 19.1 Å². The quantitative estimate of drug-likeness (QED) is 0.789. The fourth-order valence-electron chi connectivity index (χ4n) is 2.17. The summed E-state index contributed by atoms with van der Waals surface area (Å²) in [4.78, 5) is 25.1. The molecule has 140 valence electrons. The van der Waals surface area contributed by atoms with Crippen LogP contribution in [0.3, 0.4) is 0 Å². The van der Waals surface area contributed by atoms with E-state index in [2.05, 4.69) is 10.4 Å². The van der Waals surface area contributed by atoms with E-state index in [0.717, 1.165) is 0 Å². The minimum Gasteiger partial charge on any atom is -0.379 e. The Hall–Kier alpha value is -2.14. The zero-order valence-electron chi connectivity index (χ0n) is 13.7. The van der Waals surface area contributed by atoms with Gasteiger partial charge in [0.15, 0.2) is 5.69 Å². The molecule has 11 heteroatoms. The molecule has 2 atom stereocenters. The highest BCUT2D eigenvalue weighted by atomic mass is 19.4. The molecule has 1 aromatic heterocycles. The molecule has 0 radical (unpaired) electrons. The molecule has 2 N–H and O–H groups in total. The molecule has 0 aromatic carbocycles. The van der Waals surface area contributed by atoms with Crippen LogP contribution in [-0.2, 0) is 20.4 Å². The van der Waals surface area contributed by atoms with Crippen LogP contribution in [-0.4, -0.2) is 73.0 Å². The van der Waals surface area contributed by atoms with Crippen molar-refractivity contribution in [3.05, 3.63) is 17.5 Å². The Morgan fingerprint density at radius 1 is 1.48 bits per heavy atom. The van der Waals surface area contributed by atoms with E-state index in [4.69, 9.17) is 9.47 Å². The van der Waals surface area contributed by atoms with Crippen molar-refractivity contribution < 1.29 is 32.2 Å². The van der Waals surface area contributed by atoms with E-state index in [1.54, 1.807) is 19.2 Å². The van der Waals surface area contributed by atoms with Crippen molar-refractivity contribution in [2.45, 2.75) is 24.7 Å². The fraction of sp³-hybridized carbons (Fsp3) is 0.643. The number of aromatic nitrogens is 2. The number of aromatic amines is 1. The number of carbonyl (C=O) groups is 2. The zero-order chi connectivity index (χ0) is 18.6. The predicted octanol–water partition coefficient (Wildman–Crippen LogP) is 0.421. The first-order valence-corrected chi connectivity index (χ1v) is 7.51. The normalized spacial score (nSPS) is 21.0. The van der Waals surface area contributed by atoms with Crippen molar-refractivity contribution in [1.82, 2.24) is 20.4 Å². The number of halogens is 3. The van der Waals surface area contributed by atoms with Crippen LogP contribution in [0, 0.1) is 0 Å². The van der Waals surface area contributed by atoms with Crippen LogP contribution in [0.4, 0.5) is 13.2 Å². The van der Waals surface area contributed by atoms with Crippen LogP contribution in [0.15, 0.2) is 6.07 Å². The second-order valence-corrected chi connectivity index (χ2v) is 5.75. The molecule has 1 aliphatic rings. The molecular weight excluding hydrogens is 345 g/mol. The van der Waals surface area contributed by atoms with Crippen LogP contribution in [0.5, 0.6) is 0 Å². The number of hydrogen-bond donors (Lipinski definition) is 2. The van der Waals surface area contributed by atoms with E-state index in [1.165, 1.54) is 4.90 Å². The lowest BCUT2D eigenvalue weighted by Gasteiger charge is -2.32. The van der Waals surface area contributed by atoms with Crippen molar-refractivity contribution in [3.8, 4) is 0 Å². The summed E-state index contributed by atoms with van der Waals surface area (Å²) in [5, 5.41) is 7.75. The summed E-state index contributed by atoms with van der Waals surface area (Å²) in [5.41, 5.74) is -1.48. The topological polar surface area (TPSA) is 96.5 Å². The number of nitrogens with zero attached hydrogens (tertiary/aromatic N) is 2. The van der Waals surface area contributed by atoms with Gasteiger partial charge in [0.25, 0.3) is 5.91 Å². The number of carbonyl (C=O) groups excluding carboxylic acids is 2. The molecule has 2 heterocycles. The first kappa shape index (κ1) is 19.2. The number of ether oxygens (including phenoxy) is 2. The third-order valence-electron chi connectivity index (χ3n) is 3.66. The summed E-state index contributed by atoms with van der Waals surface area (Å²) < 4.78 is 48.4.